The third-order valence-electron chi connectivity index (χ3n) is 4.10. The summed E-state index contributed by atoms with van der Waals surface area (Å²) in [6.07, 6.45) is 3.06. The zero-order chi connectivity index (χ0) is 15.6. The molecule has 1 aromatic heterocycles. The molecule has 1 aliphatic heterocycles. The van der Waals surface area contributed by atoms with Gasteiger partial charge >= 0.3 is 0 Å². The minimum Gasteiger partial charge on any atom is -0.324 e. The molecule has 1 fully saturated rings. The Morgan fingerprint density at radius 1 is 1.36 bits per heavy atom. The van der Waals surface area contributed by atoms with Crippen LogP contribution < -0.4 is 10.6 Å². The Balaban J connectivity index is 1.76. The van der Waals surface area contributed by atoms with Crippen LogP contribution in [0.5, 0.6) is 0 Å². The van der Waals surface area contributed by atoms with Crippen LogP contribution in [0, 0.1) is 6.92 Å². The second kappa shape index (κ2) is 5.88. The molecule has 1 aromatic carbocycles. The van der Waals surface area contributed by atoms with Crippen molar-refractivity contribution < 1.29 is 4.79 Å². The van der Waals surface area contributed by atoms with E-state index in [1.807, 2.05) is 38.1 Å². The van der Waals surface area contributed by atoms with Crippen LogP contribution in [0.1, 0.15) is 32.0 Å². The Labute approximate surface area is 129 Å². The van der Waals surface area contributed by atoms with E-state index in [2.05, 4.69) is 25.8 Å². The van der Waals surface area contributed by atoms with Gasteiger partial charge in [0.1, 0.15) is 5.82 Å². The maximum Gasteiger partial charge on any atom is 0.244 e. The van der Waals surface area contributed by atoms with E-state index in [1.54, 1.807) is 0 Å². The first-order valence-corrected chi connectivity index (χ1v) is 7.63. The highest BCUT2D eigenvalue weighted by atomic mass is 16.2. The molecule has 1 amide bonds. The molecule has 0 saturated carbocycles. The maximum absolute atomic E-state index is 12.5. The van der Waals surface area contributed by atoms with E-state index in [-0.39, 0.29) is 5.91 Å². The number of rotatable bonds is 3. The van der Waals surface area contributed by atoms with E-state index < -0.39 is 5.54 Å². The molecule has 1 atom stereocenters. The number of carbonyl (C=O) groups is 1. The van der Waals surface area contributed by atoms with Gasteiger partial charge in [-0.3, -0.25) is 9.89 Å². The molecule has 116 valence electrons. The number of amides is 1. The number of carbonyl (C=O) groups excluding carboxylic acids is 1. The Bertz CT molecular complexity index is 673. The number of aryl methyl sites for hydroxylation is 1. The van der Waals surface area contributed by atoms with Crippen LogP contribution in [0.25, 0.3) is 11.4 Å². The quantitative estimate of drug-likeness (QED) is 0.812. The van der Waals surface area contributed by atoms with Crippen molar-refractivity contribution in [2.45, 2.75) is 38.6 Å². The molecule has 2 aromatic rings. The Morgan fingerprint density at radius 2 is 2.23 bits per heavy atom. The minimum atomic E-state index is -0.491. The number of hydrogen-bond acceptors (Lipinski definition) is 4. The predicted molar refractivity (Wildman–Crippen MR) is 85.4 cm³/mol. The fraction of sp³-hybridized carbons (Fsp3) is 0.438. The number of H-pyrrole nitrogens is 1. The molecule has 1 unspecified atom stereocenters. The van der Waals surface area contributed by atoms with Gasteiger partial charge in [-0.25, -0.2) is 4.98 Å². The Hall–Kier alpha value is -2.21. The lowest BCUT2D eigenvalue weighted by atomic mass is 9.90. The van der Waals surface area contributed by atoms with Crippen LogP contribution in [0.4, 0.5) is 5.69 Å². The number of aromatic amines is 1. The molecule has 3 rings (SSSR count). The van der Waals surface area contributed by atoms with Crippen molar-refractivity contribution in [1.29, 1.82) is 0 Å². The van der Waals surface area contributed by atoms with Gasteiger partial charge in [0.05, 0.1) is 5.54 Å². The number of nitrogens with one attached hydrogen (secondary N) is 3. The lowest BCUT2D eigenvalue weighted by Crippen LogP contribution is -2.54. The van der Waals surface area contributed by atoms with Gasteiger partial charge in [0, 0.05) is 11.3 Å². The zero-order valence-corrected chi connectivity index (χ0v) is 12.9. The molecule has 0 radical (unpaired) electrons. The summed E-state index contributed by atoms with van der Waals surface area (Å²) in [4.78, 5) is 16.8. The summed E-state index contributed by atoms with van der Waals surface area (Å²) in [6, 6.07) is 7.60. The van der Waals surface area contributed by atoms with Gasteiger partial charge < -0.3 is 10.6 Å². The van der Waals surface area contributed by atoms with Crippen LogP contribution in [0.3, 0.4) is 0 Å². The van der Waals surface area contributed by atoms with E-state index >= 15 is 0 Å². The topological polar surface area (TPSA) is 82.7 Å². The van der Waals surface area contributed by atoms with Crippen LogP contribution in [0.2, 0.25) is 0 Å². The molecule has 22 heavy (non-hydrogen) atoms. The standard InChI is InChI=1S/C16H21N5O/c1-11-18-14(21-20-11)12-6-5-7-13(10-12)19-15(22)16(2)8-3-4-9-17-16/h5-7,10,17H,3-4,8-9H2,1-2H3,(H,19,22)(H,18,20,21). The SMILES string of the molecule is Cc1nc(-c2cccc(NC(=O)C3(C)CCCCN3)c2)n[nH]1. The summed E-state index contributed by atoms with van der Waals surface area (Å²) in [5.41, 5.74) is 1.15. The van der Waals surface area contributed by atoms with Gasteiger partial charge in [0.25, 0.3) is 0 Å². The van der Waals surface area contributed by atoms with E-state index in [0.717, 1.165) is 42.9 Å². The Kier molecular flexibility index (Phi) is 3.94. The lowest BCUT2D eigenvalue weighted by Gasteiger charge is -2.33. The molecule has 1 saturated heterocycles. The third-order valence-corrected chi connectivity index (χ3v) is 4.10. The van der Waals surface area contributed by atoms with Gasteiger partial charge in [-0.2, -0.15) is 5.10 Å². The van der Waals surface area contributed by atoms with Gasteiger partial charge in [0.2, 0.25) is 5.91 Å². The maximum atomic E-state index is 12.5. The van der Waals surface area contributed by atoms with Gasteiger partial charge in [0.15, 0.2) is 5.82 Å². The molecule has 3 N–H and O–H groups in total. The summed E-state index contributed by atoms with van der Waals surface area (Å²) in [6.45, 7) is 4.71. The van der Waals surface area contributed by atoms with Crippen molar-refractivity contribution in [3.8, 4) is 11.4 Å². The highest BCUT2D eigenvalue weighted by Crippen LogP contribution is 2.23. The lowest BCUT2D eigenvalue weighted by molar-refractivity contribution is -0.122. The second-order valence-electron chi connectivity index (χ2n) is 6.00. The number of nitrogens with zero attached hydrogens (tertiary/aromatic N) is 2. The predicted octanol–water partition coefficient (Wildman–Crippen LogP) is 2.25. The van der Waals surface area contributed by atoms with Gasteiger partial charge in [-0.1, -0.05) is 12.1 Å². The summed E-state index contributed by atoms with van der Waals surface area (Å²) in [7, 11) is 0. The summed E-state index contributed by atoms with van der Waals surface area (Å²) >= 11 is 0. The number of anilines is 1. The summed E-state index contributed by atoms with van der Waals surface area (Å²) < 4.78 is 0. The number of benzene rings is 1. The van der Waals surface area contributed by atoms with E-state index in [4.69, 9.17) is 0 Å². The van der Waals surface area contributed by atoms with Crippen LogP contribution in [-0.4, -0.2) is 33.2 Å². The fourth-order valence-corrected chi connectivity index (χ4v) is 2.73. The van der Waals surface area contributed by atoms with Crippen molar-refractivity contribution in [3.63, 3.8) is 0 Å². The van der Waals surface area contributed by atoms with Crippen molar-refractivity contribution in [2.24, 2.45) is 0 Å². The van der Waals surface area contributed by atoms with Crippen molar-refractivity contribution in [3.05, 3.63) is 30.1 Å². The summed E-state index contributed by atoms with van der Waals surface area (Å²) in [5, 5.41) is 13.3. The first kappa shape index (κ1) is 14.7. The second-order valence-corrected chi connectivity index (χ2v) is 6.00. The average molecular weight is 299 g/mol. The number of piperidine rings is 1. The van der Waals surface area contributed by atoms with Crippen molar-refractivity contribution >= 4 is 11.6 Å². The van der Waals surface area contributed by atoms with Crippen molar-refractivity contribution in [1.82, 2.24) is 20.5 Å². The molecular formula is C16H21N5O. The molecular weight excluding hydrogens is 278 g/mol. The van der Waals surface area contributed by atoms with E-state index in [0.29, 0.717) is 5.82 Å². The monoisotopic (exact) mass is 299 g/mol. The average Bonchev–Trinajstić information content (AvgIpc) is 2.95. The highest BCUT2D eigenvalue weighted by Gasteiger charge is 2.34. The zero-order valence-electron chi connectivity index (χ0n) is 12.9. The molecule has 0 bridgehead atoms. The van der Waals surface area contributed by atoms with Gasteiger partial charge in [-0.15, -0.1) is 0 Å². The third kappa shape index (κ3) is 3.01. The fourth-order valence-electron chi connectivity index (χ4n) is 2.73. The minimum absolute atomic E-state index is 0.00974. The largest absolute Gasteiger partial charge is 0.324 e. The number of aromatic nitrogens is 3. The van der Waals surface area contributed by atoms with E-state index in [1.165, 1.54) is 0 Å². The van der Waals surface area contributed by atoms with Crippen molar-refractivity contribution in [2.75, 3.05) is 11.9 Å². The molecule has 6 heteroatoms. The van der Waals surface area contributed by atoms with Crippen LogP contribution in [-0.2, 0) is 4.79 Å². The van der Waals surface area contributed by atoms with Gasteiger partial charge in [-0.05, 0) is 51.8 Å². The molecule has 0 aliphatic carbocycles. The highest BCUT2D eigenvalue weighted by molar-refractivity contribution is 5.98. The van der Waals surface area contributed by atoms with E-state index in [9.17, 15) is 4.79 Å². The van der Waals surface area contributed by atoms with Crippen LogP contribution >= 0.6 is 0 Å². The molecule has 0 spiro atoms. The molecule has 6 nitrogen and oxygen atoms in total. The smallest absolute Gasteiger partial charge is 0.244 e. The Morgan fingerprint density at radius 3 is 2.91 bits per heavy atom. The summed E-state index contributed by atoms with van der Waals surface area (Å²) in [5.74, 6) is 1.41. The normalized spacial score (nSPS) is 21.5. The molecule has 2 heterocycles. The first-order chi connectivity index (χ1) is 10.6. The number of hydrogen-bond donors (Lipinski definition) is 3. The first-order valence-electron chi connectivity index (χ1n) is 7.63. The molecule has 1 aliphatic rings. The van der Waals surface area contributed by atoms with Crippen LogP contribution in [0.15, 0.2) is 24.3 Å².